The summed E-state index contributed by atoms with van der Waals surface area (Å²) in [4.78, 5) is 16.3. The maximum atomic E-state index is 12.0. The minimum Gasteiger partial charge on any atom is -0.396 e. The number of imidazole rings is 1. The lowest BCUT2D eigenvalue weighted by molar-refractivity contribution is 0.0924. The summed E-state index contributed by atoms with van der Waals surface area (Å²) in [5.74, 6) is -0.185. The van der Waals surface area contributed by atoms with Gasteiger partial charge in [0.25, 0.3) is 5.91 Å². The quantitative estimate of drug-likeness (QED) is 0.856. The van der Waals surface area contributed by atoms with Crippen LogP contribution in [0.25, 0.3) is 5.65 Å². The molecule has 0 spiro atoms. The Morgan fingerprint density at radius 2 is 2.26 bits per heavy atom. The van der Waals surface area contributed by atoms with E-state index >= 15 is 0 Å². The van der Waals surface area contributed by atoms with Crippen molar-refractivity contribution in [1.29, 1.82) is 0 Å². The molecule has 0 saturated carbocycles. The highest BCUT2D eigenvalue weighted by Gasteiger charge is 2.19. The molecular weight excluding hydrogens is 242 g/mol. The van der Waals surface area contributed by atoms with Crippen molar-refractivity contribution >= 4 is 11.6 Å². The van der Waals surface area contributed by atoms with Gasteiger partial charge < -0.3 is 14.8 Å². The standard InChI is InChI=1S/C14H19N3O2/c1-14(2,6-8-18)10-15-13(19)11-9-17-7-4-3-5-12(17)16-11/h3-5,7,9,18H,6,8,10H2,1-2H3,(H,15,19). The number of fused-ring (bicyclic) bond motifs is 1. The van der Waals surface area contributed by atoms with Crippen LogP contribution in [0.4, 0.5) is 0 Å². The van der Waals surface area contributed by atoms with Crippen molar-refractivity contribution in [3.63, 3.8) is 0 Å². The summed E-state index contributed by atoms with van der Waals surface area (Å²) >= 11 is 0. The molecule has 5 nitrogen and oxygen atoms in total. The third kappa shape index (κ3) is 3.32. The molecule has 0 atom stereocenters. The van der Waals surface area contributed by atoms with Crippen LogP contribution in [0.1, 0.15) is 30.8 Å². The number of carbonyl (C=O) groups is 1. The second kappa shape index (κ2) is 5.40. The summed E-state index contributed by atoms with van der Waals surface area (Å²) in [5, 5.41) is 11.8. The Balaban J connectivity index is 2.04. The number of aliphatic hydroxyl groups excluding tert-OH is 1. The molecule has 0 aliphatic carbocycles. The van der Waals surface area contributed by atoms with Gasteiger partial charge in [-0.05, 0) is 24.0 Å². The van der Waals surface area contributed by atoms with Gasteiger partial charge >= 0.3 is 0 Å². The SMILES string of the molecule is CC(C)(CCO)CNC(=O)c1cn2ccccc2n1. The minimum atomic E-state index is -0.185. The highest BCUT2D eigenvalue weighted by Crippen LogP contribution is 2.18. The third-order valence-corrected chi connectivity index (χ3v) is 3.11. The molecule has 0 bridgehead atoms. The number of aliphatic hydroxyl groups is 1. The number of hydrogen-bond acceptors (Lipinski definition) is 3. The fraction of sp³-hybridized carbons (Fsp3) is 0.429. The average molecular weight is 261 g/mol. The maximum Gasteiger partial charge on any atom is 0.271 e. The first kappa shape index (κ1) is 13.5. The predicted molar refractivity (Wildman–Crippen MR) is 73.0 cm³/mol. The molecule has 0 aliphatic rings. The van der Waals surface area contributed by atoms with E-state index in [4.69, 9.17) is 5.11 Å². The zero-order valence-corrected chi connectivity index (χ0v) is 11.3. The van der Waals surface area contributed by atoms with Crippen molar-refractivity contribution in [2.45, 2.75) is 20.3 Å². The number of carbonyl (C=O) groups excluding carboxylic acids is 1. The molecule has 19 heavy (non-hydrogen) atoms. The van der Waals surface area contributed by atoms with Gasteiger partial charge in [-0.2, -0.15) is 0 Å². The number of nitrogens with zero attached hydrogens (tertiary/aromatic N) is 2. The van der Waals surface area contributed by atoms with Crippen LogP contribution in [0.2, 0.25) is 0 Å². The summed E-state index contributed by atoms with van der Waals surface area (Å²) < 4.78 is 1.81. The molecule has 0 aromatic carbocycles. The largest absolute Gasteiger partial charge is 0.396 e. The number of rotatable bonds is 5. The Morgan fingerprint density at radius 3 is 2.95 bits per heavy atom. The monoisotopic (exact) mass is 261 g/mol. The van der Waals surface area contributed by atoms with Gasteiger partial charge in [-0.3, -0.25) is 4.79 Å². The zero-order valence-electron chi connectivity index (χ0n) is 11.3. The second-order valence-corrected chi connectivity index (χ2v) is 5.41. The molecule has 0 aliphatic heterocycles. The van der Waals surface area contributed by atoms with Crippen LogP contribution >= 0.6 is 0 Å². The molecular formula is C14H19N3O2. The van der Waals surface area contributed by atoms with E-state index < -0.39 is 0 Å². The van der Waals surface area contributed by atoms with E-state index in [1.165, 1.54) is 0 Å². The molecule has 0 saturated heterocycles. The average Bonchev–Trinajstić information content (AvgIpc) is 2.79. The number of amides is 1. The number of pyridine rings is 1. The number of nitrogens with one attached hydrogen (secondary N) is 1. The summed E-state index contributed by atoms with van der Waals surface area (Å²) in [7, 11) is 0. The lowest BCUT2D eigenvalue weighted by Crippen LogP contribution is -2.34. The molecule has 0 radical (unpaired) electrons. The second-order valence-electron chi connectivity index (χ2n) is 5.41. The highest BCUT2D eigenvalue weighted by molar-refractivity contribution is 5.92. The van der Waals surface area contributed by atoms with Crippen LogP contribution < -0.4 is 5.32 Å². The Morgan fingerprint density at radius 1 is 1.47 bits per heavy atom. The van der Waals surface area contributed by atoms with E-state index in [9.17, 15) is 4.79 Å². The topological polar surface area (TPSA) is 66.6 Å². The van der Waals surface area contributed by atoms with Gasteiger partial charge in [0.2, 0.25) is 0 Å². The van der Waals surface area contributed by atoms with Crippen molar-refractivity contribution in [2.24, 2.45) is 5.41 Å². The van der Waals surface area contributed by atoms with E-state index in [1.807, 2.05) is 42.6 Å². The van der Waals surface area contributed by atoms with Crippen molar-refractivity contribution in [2.75, 3.05) is 13.2 Å². The van der Waals surface area contributed by atoms with Gasteiger partial charge in [-0.25, -0.2) is 4.98 Å². The Labute approximate surface area is 112 Å². The zero-order chi connectivity index (χ0) is 13.9. The molecule has 2 N–H and O–H groups in total. The van der Waals surface area contributed by atoms with Crippen molar-refractivity contribution < 1.29 is 9.90 Å². The van der Waals surface area contributed by atoms with Gasteiger partial charge in [0.15, 0.2) is 0 Å². The lowest BCUT2D eigenvalue weighted by Gasteiger charge is -2.23. The number of hydrogen-bond donors (Lipinski definition) is 2. The van der Waals surface area contributed by atoms with Crippen molar-refractivity contribution in [1.82, 2.24) is 14.7 Å². The molecule has 0 unspecified atom stereocenters. The summed E-state index contributed by atoms with van der Waals surface area (Å²) in [6.07, 6.45) is 4.22. The Bertz CT molecular complexity index is 542. The molecule has 0 fully saturated rings. The molecule has 102 valence electrons. The van der Waals surface area contributed by atoms with Gasteiger partial charge in [0.1, 0.15) is 11.3 Å². The van der Waals surface area contributed by atoms with E-state index in [0.29, 0.717) is 18.7 Å². The summed E-state index contributed by atoms with van der Waals surface area (Å²) in [6.45, 7) is 4.65. The Kier molecular flexibility index (Phi) is 3.85. The van der Waals surface area contributed by atoms with Crippen LogP contribution in [0, 0.1) is 5.41 Å². The molecule has 2 aromatic rings. The normalized spacial score (nSPS) is 11.7. The fourth-order valence-electron chi connectivity index (χ4n) is 1.85. The summed E-state index contributed by atoms with van der Waals surface area (Å²) in [6, 6.07) is 5.63. The van der Waals surface area contributed by atoms with Crippen LogP contribution in [0.15, 0.2) is 30.6 Å². The van der Waals surface area contributed by atoms with Gasteiger partial charge in [-0.15, -0.1) is 0 Å². The first-order valence-corrected chi connectivity index (χ1v) is 6.35. The predicted octanol–water partition coefficient (Wildman–Crippen LogP) is 1.47. The smallest absolute Gasteiger partial charge is 0.271 e. The molecule has 2 rings (SSSR count). The van der Waals surface area contributed by atoms with Gasteiger partial charge in [0, 0.05) is 25.5 Å². The van der Waals surface area contributed by atoms with Crippen LogP contribution in [-0.4, -0.2) is 33.6 Å². The molecule has 2 aromatic heterocycles. The maximum absolute atomic E-state index is 12.0. The highest BCUT2D eigenvalue weighted by atomic mass is 16.3. The lowest BCUT2D eigenvalue weighted by atomic mass is 9.90. The molecule has 1 amide bonds. The molecule has 5 heteroatoms. The summed E-state index contributed by atoms with van der Waals surface area (Å²) in [5.41, 5.74) is 1.04. The van der Waals surface area contributed by atoms with E-state index in [1.54, 1.807) is 6.20 Å². The van der Waals surface area contributed by atoms with Crippen molar-refractivity contribution in [3.05, 3.63) is 36.3 Å². The first-order chi connectivity index (χ1) is 9.02. The van der Waals surface area contributed by atoms with Gasteiger partial charge in [-0.1, -0.05) is 19.9 Å². The first-order valence-electron chi connectivity index (χ1n) is 6.35. The van der Waals surface area contributed by atoms with Crippen LogP contribution in [0.5, 0.6) is 0 Å². The van der Waals surface area contributed by atoms with E-state index in [2.05, 4.69) is 10.3 Å². The van der Waals surface area contributed by atoms with Crippen LogP contribution in [0.3, 0.4) is 0 Å². The van der Waals surface area contributed by atoms with E-state index in [0.717, 1.165) is 5.65 Å². The van der Waals surface area contributed by atoms with Crippen molar-refractivity contribution in [3.8, 4) is 0 Å². The molecule has 2 heterocycles. The Hall–Kier alpha value is -1.88. The van der Waals surface area contributed by atoms with Gasteiger partial charge in [0.05, 0.1) is 0 Å². The number of aromatic nitrogens is 2. The third-order valence-electron chi connectivity index (χ3n) is 3.11. The fourth-order valence-corrected chi connectivity index (χ4v) is 1.85. The van der Waals surface area contributed by atoms with E-state index in [-0.39, 0.29) is 17.9 Å². The minimum absolute atomic E-state index is 0.121. The van der Waals surface area contributed by atoms with Crippen LogP contribution in [-0.2, 0) is 0 Å².